The Morgan fingerprint density at radius 3 is 2.21 bits per heavy atom. The first-order valence-electron chi connectivity index (χ1n) is 17.7. The van der Waals surface area contributed by atoms with Crippen molar-refractivity contribution in [2.75, 3.05) is 58.7 Å². The van der Waals surface area contributed by atoms with E-state index in [0.29, 0.717) is 40.5 Å². The van der Waals surface area contributed by atoms with Crippen molar-refractivity contribution in [2.45, 2.75) is 36.8 Å². The van der Waals surface area contributed by atoms with Gasteiger partial charge in [-0.2, -0.15) is 4.98 Å². The van der Waals surface area contributed by atoms with Crippen LogP contribution in [-0.4, -0.2) is 93.5 Å². The van der Waals surface area contributed by atoms with E-state index < -0.39 is 0 Å². The van der Waals surface area contributed by atoms with Crippen LogP contribution < -0.4 is 10.9 Å². The molecule has 13 heteroatoms. The van der Waals surface area contributed by atoms with Gasteiger partial charge in [-0.05, 0) is 72.1 Å². The second-order valence-electron chi connectivity index (χ2n) is 13.3. The molecule has 1 saturated heterocycles. The molecule has 0 unspecified atom stereocenters. The van der Waals surface area contributed by atoms with Gasteiger partial charge in [-0.3, -0.25) is 9.59 Å². The summed E-state index contributed by atoms with van der Waals surface area (Å²) >= 11 is 7.45. The van der Waals surface area contributed by atoms with E-state index in [1.54, 1.807) is 42.3 Å². The zero-order valence-electron chi connectivity index (χ0n) is 30.0. The molecule has 5 aromatic rings. The van der Waals surface area contributed by atoms with E-state index in [4.69, 9.17) is 11.6 Å². The number of nitrogens with zero attached hydrogens (tertiary/aromatic N) is 7. The molecule has 0 spiro atoms. The molecular formula is C40H44ClFN8O2S. The smallest absolute Gasteiger partial charge is 0.277 e. The third-order valence-corrected chi connectivity index (χ3v) is 10.6. The lowest BCUT2D eigenvalue weighted by Gasteiger charge is -2.33. The SMILES string of the molecule is CNc1ncc(Cc2cn(CC(=O)N(CCCN3CCN(C)CC3)Cc3ccc(-c4ccc(Cl)cc4)cc3)c(SCc3ccc(F)cc3)nc2=O)cn1. The summed E-state index contributed by atoms with van der Waals surface area (Å²) in [7, 11) is 3.88. The largest absolute Gasteiger partial charge is 0.357 e. The number of benzene rings is 3. The first kappa shape index (κ1) is 38.1. The van der Waals surface area contributed by atoms with Gasteiger partial charge in [-0.25, -0.2) is 14.4 Å². The number of likely N-dealkylation sites (N-methyl/N-ethyl adjacent to an activating group) is 1. The number of aromatic nitrogens is 4. The van der Waals surface area contributed by atoms with Gasteiger partial charge in [0, 0.05) is 87.7 Å². The van der Waals surface area contributed by atoms with E-state index in [2.05, 4.69) is 61.4 Å². The van der Waals surface area contributed by atoms with Crippen molar-refractivity contribution < 1.29 is 9.18 Å². The van der Waals surface area contributed by atoms with Crippen molar-refractivity contribution in [3.05, 3.63) is 135 Å². The minimum absolute atomic E-state index is 0.00140. The maximum Gasteiger partial charge on any atom is 0.277 e. The Bertz CT molecular complexity index is 2000. The molecular weight excluding hydrogens is 711 g/mol. The molecule has 1 N–H and O–H groups in total. The van der Waals surface area contributed by atoms with Gasteiger partial charge in [0.15, 0.2) is 5.16 Å². The Balaban J connectivity index is 1.24. The monoisotopic (exact) mass is 754 g/mol. The number of nitrogens with one attached hydrogen (secondary N) is 1. The fourth-order valence-corrected chi connectivity index (χ4v) is 7.20. The second-order valence-corrected chi connectivity index (χ2v) is 14.6. The number of amides is 1. The van der Waals surface area contributed by atoms with Crippen LogP contribution in [0.5, 0.6) is 0 Å². The molecule has 0 atom stereocenters. The van der Waals surface area contributed by atoms with E-state index >= 15 is 0 Å². The van der Waals surface area contributed by atoms with Gasteiger partial charge in [0.2, 0.25) is 11.9 Å². The number of hydrogen-bond donors (Lipinski definition) is 1. The van der Waals surface area contributed by atoms with E-state index in [1.807, 2.05) is 29.2 Å². The Kier molecular flexibility index (Phi) is 13.2. The summed E-state index contributed by atoms with van der Waals surface area (Å²) in [6.07, 6.45) is 6.18. The van der Waals surface area contributed by atoms with E-state index in [0.717, 1.165) is 67.0 Å². The molecule has 0 aliphatic carbocycles. The summed E-state index contributed by atoms with van der Waals surface area (Å²) in [6.45, 7) is 6.03. The third kappa shape index (κ3) is 11.0. The molecule has 10 nitrogen and oxygen atoms in total. The molecule has 53 heavy (non-hydrogen) atoms. The van der Waals surface area contributed by atoms with Crippen molar-refractivity contribution in [1.29, 1.82) is 0 Å². The lowest BCUT2D eigenvalue weighted by Crippen LogP contribution is -2.45. The standard InChI is InChI=1S/C40H44ClFN8O2S/c1-43-39-44-23-31(24-45-39)22-34-26-50(40(46-38(34)52)53-28-30-6-14-36(42)15-7-30)27-37(51)49(17-3-16-48-20-18-47(2)19-21-48)25-29-4-8-32(9-5-29)33-10-12-35(41)13-11-33/h4-15,23-24,26H,3,16-22,25,27-28H2,1-2H3,(H,43,44,45). The molecule has 3 heterocycles. The van der Waals surface area contributed by atoms with Gasteiger partial charge < -0.3 is 24.6 Å². The van der Waals surface area contributed by atoms with Crippen LogP contribution in [0.1, 0.15) is 28.7 Å². The topological polar surface area (TPSA) is 99.5 Å². The highest BCUT2D eigenvalue weighted by Gasteiger charge is 2.20. The third-order valence-electron chi connectivity index (χ3n) is 9.30. The number of rotatable bonds is 15. The average Bonchev–Trinajstić information content (AvgIpc) is 3.17. The molecule has 1 fully saturated rings. The molecule has 1 aliphatic rings. The summed E-state index contributed by atoms with van der Waals surface area (Å²) in [5.41, 5.74) is 4.84. The maximum absolute atomic E-state index is 14.3. The lowest BCUT2D eigenvalue weighted by molar-refractivity contribution is -0.132. The number of thioether (sulfide) groups is 1. The number of carbonyl (C=O) groups excluding carboxylic acids is 1. The second kappa shape index (κ2) is 18.4. The van der Waals surface area contributed by atoms with Gasteiger partial charge >= 0.3 is 0 Å². The van der Waals surface area contributed by atoms with Crippen LogP contribution in [0.3, 0.4) is 0 Å². The number of hydrogen-bond acceptors (Lipinski definition) is 9. The summed E-state index contributed by atoms with van der Waals surface area (Å²) in [4.78, 5) is 47.4. The van der Waals surface area contributed by atoms with Crippen molar-refractivity contribution >= 4 is 35.2 Å². The lowest BCUT2D eigenvalue weighted by atomic mass is 10.0. The molecule has 3 aromatic carbocycles. The van der Waals surface area contributed by atoms with Crippen LogP contribution in [-0.2, 0) is 30.1 Å². The van der Waals surface area contributed by atoms with Crippen molar-refractivity contribution in [3.8, 4) is 11.1 Å². The molecule has 0 bridgehead atoms. The summed E-state index contributed by atoms with van der Waals surface area (Å²) in [6, 6.07) is 22.2. The molecule has 0 saturated carbocycles. The Labute approximate surface area is 319 Å². The predicted molar refractivity (Wildman–Crippen MR) is 210 cm³/mol. The minimum atomic E-state index is -0.377. The Morgan fingerprint density at radius 2 is 1.55 bits per heavy atom. The van der Waals surface area contributed by atoms with E-state index in [-0.39, 0.29) is 30.2 Å². The van der Waals surface area contributed by atoms with Gasteiger partial charge in [0.25, 0.3) is 5.56 Å². The normalized spacial score (nSPS) is 13.6. The van der Waals surface area contributed by atoms with Gasteiger partial charge in [0.05, 0.1) is 0 Å². The number of halogens is 2. The predicted octanol–water partition coefficient (Wildman–Crippen LogP) is 6.08. The van der Waals surface area contributed by atoms with Crippen LogP contribution >= 0.6 is 23.4 Å². The summed E-state index contributed by atoms with van der Waals surface area (Å²) in [5, 5.41) is 4.01. The fourth-order valence-electron chi connectivity index (χ4n) is 6.15. The first-order chi connectivity index (χ1) is 25.7. The van der Waals surface area contributed by atoms with E-state index in [9.17, 15) is 14.0 Å². The number of piperazine rings is 1. The fraction of sp³-hybridized carbons (Fsp3) is 0.325. The Hall–Kier alpha value is -4.62. The maximum atomic E-state index is 14.3. The van der Waals surface area contributed by atoms with Crippen molar-refractivity contribution in [2.24, 2.45) is 0 Å². The van der Waals surface area contributed by atoms with Crippen LogP contribution in [0.4, 0.5) is 10.3 Å². The van der Waals surface area contributed by atoms with Crippen LogP contribution in [0.2, 0.25) is 5.02 Å². The van der Waals surface area contributed by atoms with Crippen LogP contribution in [0, 0.1) is 5.82 Å². The average molecular weight is 755 g/mol. The van der Waals surface area contributed by atoms with Gasteiger partial charge in [-0.15, -0.1) is 0 Å². The molecule has 6 rings (SSSR count). The zero-order chi connectivity index (χ0) is 37.2. The highest BCUT2D eigenvalue weighted by atomic mass is 35.5. The van der Waals surface area contributed by atoms with E-state index in [1.165, 1.54) is 23.9 Å². The highest BCUT2D eigenvalue weighted by Crippen LogP contribution is 2.24. The number of anilines is 1. The van der Waals surface area contributed by atoms with Crippen LogP contribution in [0.25, 0.3) is 11.1 Å². The highest BCUT2D eigenvalue weighted by molar-refractivity contribution is 7.98. The Morgan fingerprint density at radius 1 is 0.906 bits per heavy atom. The summed E-state index contributed by atoms with van der Waals surface area (Å²) in [5.74, 6) is 0.540. The molecule has 276 valence electrons. The quantitative estimate of drug-likeness (QED) is 0.101. The zero-order valence-corrected chi connectivity index (χ0v) is 31.6. The first-order valence-corrected chi connectivity index (χ1v) is 19.1. The summed E-state index contributed by atoms with van der Waals surface area (Å²) < 4.78 is 15.4. The van der Waals surface area contributed by atoms with Crippen LogP contribution in [0.15, 0.2) is 101 Å². The molecule has 0 radical (unpaired) electrons. The van der Waals surface area contributed by atoms with Gasteiger partial charge in [0.1, 0.15) is 12.4 Å². The van der Waals surface area contributed by atoms with Crippen molar-refractivity contribution in [1.82, 2.24) is 34.2 Å². The minimum Gasteiger partial charge on any atom is -0.357 e. The van der Waals surface area contributed by atoms with Crippen molar-refractivity contribution in [3.63, 3.8) is 0 Å². The molecule has 1 aliphatic heterocycles. The van der Waals surface area contributed by atoms with Gasteiger partial charge in [-0.1, -0.05) is 71.9 Å². The molecule has 1 amide bonds. The number of carbonyl (C=O) groups is 1. The molecule has 2 aromatic heterocycles.